The van der Waals surface area contributed by atoms with E-state index < -0.39 is 0 Å². The molecule has 0 radical (unpaired) electrons. The quantitative estimate of drug-likeness (QED) is 0.721. The van der Waals surface area contributed by atoms with E-state index in [-0.39, 0.29) is 5.95 Å². The molecule has 0 bridgehead atoms. The third kappa shape index (κ3) is 1.84. The molecule has 0 saturated heterocycles. The monoisotopic (exact) mass is 165 g/mol. The van der Waals surface area contributed by atoms with Gasteiger partial charge in [0.15, 0.2) is 5.75 Å². The molecule has 1 heterocycles. The van der Waals surface area contributed by atoms with E-state index in [0.717, 1.165) is 12.5 Å². The molecule has 0 amide bonds. The van der Waals surface area contributed by atoms with E-state index in [4.69, 9.17) is 10.5 Å². The Labute approximate surface area is 70.8 Å². The molecule has 0 aromatic carbocycles. The average Bonchev–Trinajstić information content (AvgIpc) is 2.87. The van der Waals surface area contributed by atoms with Crippen LogP contribution in [-0.4, -0.2) is 16.6 Å². The van der Waals surface area contributed by atoms with Crippen LogP contribution in [0.3, 0.4) is 0 Å². The zero-order valence-corrected chi connectivity index (χ0v) is 6.73. The number of anilines is 1. The number of rotatable bonds is 3. The lowest BCUT2D eigenvalue weighted by Gasteiger charge is -2.02. The minimum absolute atomic E-state index is 0.286. The molecule has 0 spiro atoms. The summed E-state index contributed by atoms with van der Waals surface area (Å²) in [6.07, 6.45) is 5.78. The average molecular weight is 165 g/mol. The fourth-order valence-electron chi connectivity index (χ4n) is 0.899. The Morgan fingerprint density at radius 2 is 2.08 bits per heavy atom. The van der Waals surface area contributed by atoms with E-state index in [1.54, 1.807) is 12.4 Å². The summed E-state index contributed by atoms with van der Waals surface area (Å²) in [7, 11) is 0. The highest BCUT2D eigenvalue weighted by Gasteiger charge is 2.21. The first-order chi connectivity index (χ1) is 5.84. The normalized spacial score (nSPS) is 16.0. The van der Waals surface area contributed by atoms with Gasteiger partial charge in [-0.3, -0.25) is 0 Å². The Balaban J connectivity index is 1.89. The number of ether oxygens (including phenoxy) is 1. The van der Waals surface area contributed by atoms with Gasteiger partial charge in [-0.05, 0) is 18.8 Å². The van der Waals surface area contributed by atoms with Crippen molar-refractivity contribution in [1.82, 2.24) is 9.97 Å². The molecule has 1 aromatic heterocycles. The molecule has 0 unspecified atom stereocenters. The van der Waals surface area contributed by atoms with E-state index in [1.165, 1.54) is 12.8 Å². The van der Waals surface area contributed by atoms with Crippen LogP contribution in [0.5, 0.6) is 5.75 Å². The predicted molar refractivity (Wildman–Crippen MR) is 44.7 cm³/mol. The standard InChI is InChI=1S/C8H11N3O/c9-8-10-3-7(4-11-8)12-5-6-1-2-6/h3-4,6H,1-2,5H2,(H2,9,10,11). The van der Waals surface area contributed by atoms with Gasteiger partial charge in [-0.15, -0.1) is 0 Å². The van der Waals surface area contributed by atoms with Crippen molar-refractivity contribution in [2.75, 3.05) is 12.3 Å². The summed E-state index contributed by atoms with van der Waals surface area (Å²) < 4.78 is 5.40. The number of hydrogen-bond acceptors (Lipinski definition) is 4. The van der Waals surface area contributed by atoms with Gasteiger partial charge in [0.05, 0.1) is 19.0 Å². The lowest BCUT2D eigenvalue weighted by atomic mass is 10.5. The van der Waals surface area contributed by atoms with Gasteiger partial charge in [-0.25, -0.2) is 9.97 Å². The molecule has 1 aromatic rings. The third-order valence-corrected chi connectivity index (χ3v) is 1.83. The summed E-state index contributed by atoms with van der Waals surface area (Å²) in [5.74, 6) is 1.74. The lowest BCUT2D eigenvalue weighted by Crippen LogP contribution is -2.01. The zero-order valence-electron chi connectivity index (χ0n) is 6.73. The van der Waals surface area contributed by atoms with Crippen LogP contribution in [0.1, 0.15) is 12.8 Å². The van der Waals surface area contributed by atoms with Gasteiger partial charge in [0.2, 0.25) is 5.95 Å². The number of hydrogen-bond donors (Lipinski definition) is 1. The van der Waals surface area contributed by atoms with Crippen molar-refractivity contribution >= 4 is 5.95 Å². The van der Waals surface area contributed by atoms with Crippen LogP contribution in [0.2, 0.25) is 0 Å². The highest BCUT2D eigenvalue weighted by Crippen LogP contribution is 2.29. The summed E-state index contributed by atoms with van der Waals surface area (Å²) >= 11 is 0. The summed E-state index contributed by atoms with van der Waals surface area (Å²) in [6.45, 7) is 0.785. The summed E-state index contributed by atoms with van der Waals surface area (Å²) in [6, 6.07) is 0. The fraction of sp³-hybridized carbons (Fsp3) is 0.500. The van der Waals surface area contributed by atoms with Crippen LogP contribution >= 0.6 is 0 Å². The molecule has 2 rings (SSSR count). The molecular formula is C8H11N3O. The SMILES string of the molecule is Nc1ncc(OCC2CC2)cn1. The first-order valence-corrected chi connectivity index (χ1v) is 4.05. The van der Waals surface area contributed by atoms with Crippen LogP contribution in [-0.2, 0) is 0 Å². The van der Waals surface area contributed by atoms with Gasteiger partial charge in [0.25, 0.3) is 0 Å². The Morgan fingerprint density at radius 3 is 2.67 bits per heavy atom. The fourth-order valence-corrected chi connectivity index (χ4v) is 0.899. The Bertz CT molecular complexity index is 256. The molecule has 0 aliphatic heterocycles. The van der Waals surface area contributed by atoms with Crippen molar-refractivity contribution in [3.8, 4) is 5.75 Å². The van der Waals surface area contributed by atoms with Crippen molar-refractivity contribution in [1.29, 1.82) is 0 Å². The van der Waals surface area contributed by atoms with Crippen molar-refractivity contribution in [3.05, 3.63) is 12.4 Å². The smallest absolute Gasteiger partial charge is 0.220 e. The molecule has 12 heavy (non-hydrogen) atoms. The molecule has 2 N–H and O–H groups in total. The second-order valence-electron chi connectivity index (χ2n) is 3.03. The molecule has 1 aliphatic carbocycles. The zero-order chi connectivity index (χ0) is 8.39. The molecule has 4 nitrogen and oxygen atoms in total. The van der Waals surface area contributed by atoms with Gasteiger partial charge in [0.1, 0.15) is 0 Å². The predicted octanol–water partition coefficient (Wildman–Crippen LogP) is 0.848. The summed E-state index contributed by atoms with van der Waals surface area (Å²) in [5.41, 5.74) is 5.32. The lowest BCUT2D eigenvalue weighted by molar-refractivity contribution is 0.297. The molecule has 64 valence electrons. The second kappa shape index (κ2) is 2.97. The number of nitrogens with two attached hydrogens (primary N) is 1. The summed E-state index contributed by atoms with van der Waals surface area (Å²) in [5, 5.41) is 0. The summed E-state index contributed by atoms with van der Waals surface area (Å²) in [4.78, 5) is 7.64. The number of nitrogens with zero attached hydrogens (tertiary/aromatic N) is 2. The van der Waals surface area contributed by atoms with Crippen LogP contribution in [0.25, 0.3) is 0 Å². The maximum Gasteiger partial charge on any atom is 0.220 e. The van der Waals surface area contributed by atoms with Crippen LogP contribution < -0.4 is 10.5 Å². The Hall–Kier alpha value is -1.32. The van der Waals surface area contributed by atoms with Gasteiger partial charge in [-0.2, -0.15) is 0 Å². The second-order valence-corrected chi connectivity index (χ2v) is 3.03. The minimum Gasteiger partial charge on any atom is -0.490 e. The van der Waals surface area contributed by atoms with E-state index in [2.05, 4.69) is 9.97 Å². The highest BCUT2D eigenvalue weighted by atomic mass is 16.5. The molecule has 1 aliphatic rings. The number of aromatic nitrogens is 2. The van der Waals surface area contributed by atoms with E-state index >= 15 is 0 Å². The molecule has 1 fully saturated rings. The van der Waals surface area contributed by atoms with Crippen molar-refractivity contribution in [2.45, 2.75) is 12.8 Å². The van der Waals surface area contributed by atoms with Gasteiger partial charge in [-0.1, -0.05) is 0 Å². The molecule has 4 heteroatoms. The van der Waals surface area contributed by atoms with E-state index in [9.17, 15) is 0 Å². The minimum atomic E-state index is 0.286. The topological polar surface area (TPSA) is 61.0 Å². The highest BCUT2D eigenvalue weighted by molar-refractivity contribution is 5.21. The molecule has 0 atom stereocenters. The Kier molecular flexibility index (Phi) is 1.81. The van der Waals surface area contributed by atoms with Gasteiger partial charge < -0.3 is 10.5 Å². The first-order valence-electron chi connectivity index (χ1n) is 4.05. The van der Waals surface area contributed by atoms with Crippen LogP contribution in [0.15, 0.2) is 12.4 Å². The molecule has 1 saturated carbocycles. The largest absolute Gasteiger partial charge is 0.490 e. The van der Waals surface area contributed by atoms with E-state index in [1.807, 2.05) is 0 Å². The van der Waals surface area contributed by atoms with E-state index in [0.29, 0.717) is 5.75 Å². The molecular weight excluding hydrogens is 154 g/mol. The van der Waals surface area contributed by atoms with Crippen LogP contribution in [0.4, 0.5) is 5.95 Å². The van der Waals surface area contributed by atoms with Gasteiger partial charge in [0, 0.05) is 0 Å². The van der Waals surface area contributed by atoms with Crippen molar-refractivity contribution in [3.63, 3.8) is 0 Å². The van der Waals surface area contributed by atoms with Crippen molar-refractivity contribution < 1.29 is 4.74 Å². The third-order valence-electron chi connectivity index (χ3n) is 1.83. The maximum atomic E-state index is 5.40. The number of nitrogen functional groups attached to an aromatic ring is 1. The van der Waals surface area contributed by atoms with Gasteiger partial charge >= 0.3 is 0 Å². The first kappa shape index (κ1) is 7.34. The maximum absolute atomic E-state index is 5.40. The Morgan fingerprint density at radius 1 is 1.42 bits per heavy atom. The van der Waals surface area contributed by atoms with Crippen molar-refractivity contribution in [2.24, 2.45) is 5.92 Å². The van der Waals surface area contributed by atoms with Crippen LogP contribution in [0, 0.1) is 5.92 Å².